The van der Waals surface area contributed by atoms with Gasteiger partial charge >= 0.3 is 0 Å². The van der Waals surface area contributed by atoms with E-state index in [-0.39, 0.29) is 0 Å². The molecule has 58 valence electrons. The van der Waals surface area contributed by atoms with E-state index in [0.717, 1.165) is 8.95 Å². The molecule has 0 saturated carbocycles. The first kappa shape index (κ1) is 8.67. The van der Waals surface area contributed by atoms with Crippen molar-refractivity contribution in [1.82, 2.24) is 4.98 Å². The predicted octanol–water partition coefficient (Wildman–Crippen LogP) is 2.23. The number of halogens is 2. The molecular formula is C6H5Br2N3. The molecule has 0 radical (unpaired) electrons. The zero-order valence-corrected chi connectivity index (χ0v) is 8.63. The van der Waals surface area contributed by atoms with Crippen LogP contribution in [0.15, 0.2) is 26.2 Å². The Kier molecular flexibility index (Phi) is 3.02. The molecule has 1 aromatic heterocycles. The van der Waals surface area contributed by atoms with Crippen LogP contribution in [0.2, 0.25) is 0 Å². The second kappa shape index (κ2) is 3.82. The summed E-state index contributed by atoms with van der Waals surface area (Å²) >= 11 is 6.56. The molecule has 0 unspecified atom stereocenters. The van der Waals surface area contributed by atoms with Crippen LogP contribution in [0, 0.1) is 0 Å². The summed E-state index contributed by atoms with van der Waals surface area (Å²) in [4.78, 5) is 7.82. The van der Waals surface area contributed by atoms with Crippen molar-refractivity contribution in [1.29, 1.82) is 0 Å². The summed E-state index contributed by atoms with van der Waals surface area (Å²) in [5, 5.41) is 0. The van der Waals surface area contributed by atoms with E-state index in [1.165, 1.54) is 6.34 Å². The maximum Gasteiger partial charge on any atom is 0.167 e. The summed E-state index contributed by atoms with van der Waals surface area (Å²) in [5.74, 6) is 0.579. The van der Waals surface area contributed by atoms with Crippen molar-refractivity contribution in [3.8, 4) is 0 Å². The van der Waals surface area contributed by atoms with Gasteiger partial charge in [0.05, 0.1) is 10.8 Å². The fourth-order valence-electron chi connectivity index (χ4n) is 0.573. The van der Waals surface area contributed by atoms with Crippen molar-refractivity contribution < 1.29 is 0 Å². The molecule has 5 heteroatoms. The van der Waals surface area contributed by atoms with Crippen LogP contribution < -0.4 is 5.73 Å². The zero-order chi connectivity index (χ0) is 8.27. The van der Waals surface area contributed by atoms with Crippen LogP contribution in [-0.4, -0.2) is 11.3 Å². The highest BCUT2D eigenvalue weighted by Gasteiger charge is 1.97. The molecule has 1 heterocycles. The second-order valence-electron chi connectivity index (χ2n) is 1.74. The molecule has 0 bridgehead atoms. The fourth-order valence-corrected chi connectivity index (χ4v) is 1.66. The normalized spacial score (nSPS) is 10.7. The molecule has 0 atom stereocenters. The van der Waals surface area contributed by atoms with Crippen molar-refractivity contribution in [2.45, 2.75) is 0 Å². The summed E-state index contributed by atoms with van der Waals surface area (Å²) in [6.45, 7) is 0. The van der Waals surface area contributed by atoms with Crippen LogP contribution >= 0.6 is 31.9 Å². The van der Waals surface area contributed by atoms with E-state index in [0.29, 0.717) is 5.82 Å². The highest BCUT2D eigenvalue weighted by atomic mass is 79.9. The van der Waals surface area contributed by atoms with E-state index in [1.54, 1.807) is 6.20 Å². The minimum Gasteiger partial charge on any atom is -0.390 e. The van der Waals surface area contributed by atoms with Gasteiger partial charge in [-0.3, -0.25) is 0 Å². The van der Waals surface area contributed by atoms with Gasteiger partial charge in [-0.1, -0.05) is 0 Å². The molecule has 0 saturated heterocycles. The molecular weight excluding hydrogens is 274 g/mol. The van der Waals surface area contributed by atoms with Crippen LogP contribution in [-0.2, 0) is 0 Å². The third-order valence-electron chi connectivity index (χ3n) is 0.985. The van der Waals surface area contributed by atoms with E-state index in [1.807, 2.05) is 6.07 Å². The zero-order valence-electron chi connectivity index (χ0n) is 5.46. The van der Waals surface area contributed by atoms with E-state index >= 15 is 0 Å². The van der Waals surface area contributed by atoms with Gasteiger partial charge in [0.2, 0.25) is 0 Å². The molecule has 0 aromatic carbocycles. The smallest absolute Gasteiger partial charge is 0.167 e. The molecule has 0 amide bonds. The summed E-state index contributed by atoms with van der Waals surface area (Å²) in [6, 6.07) is 1.86. The third kappa shape index (κ3) is 2.27. The monoisotopic (exact) mass is 277 g/mol. The van der Waals surface area contributed by atoms with Gasteiger partial charge < -0.3 is 5.73 Å². The predicted molar refractivity (Wildman–Crippen MR) is 52.0 cm³/mol. The molecule has 0 fully saturated rings. The van der Waals surface area contributed by atoms with Gasteiger partial charge in [0.1, 0.15) is 0 Å². The first-order chi connectivity index (χ1) is 5.24. The minimum absolute atomic E-state index is 0.579. The lowest BCUT2D eigenvalue weighted by molar-refractivity contribution is 1.24. The SMILES string of the molecule is N/C=N/c1ncc(Br)cc1Br. The lowest BCUT2D eigenvalue weighted by Gasteiger charge is -1.95. The summed E-state index contributed by atoms with van der Waals surface area (Å²) in [6.07, 6.45) is 2.87. The molecule has 1 aromatic rings. The van der Waals surface area contributed by atoms with Gasteiger partial charge in [-0.15, -0.1) is 0 Å². The van der Waals surface area contributed by atoms with Crippen molar-refractivity contribution >= 4 is 44.0 Å². The Hall–Kier alpha value is -0.420. The lowest BCUT2D eigenvalue weighted by Crippen LogP contribution is -1.87. The Morgan fingerprint density at radius 3 is 2.82 bits per heavy atom. The van der Waals surface area contributed by atoms with E-state index < -0.39 is 0 Å². The van der Waals surface area contributed by atoms with Crippen LogP contribution in [0.25, 0.3) is 0 Å². The molecule has 0 aliphatic carbocycles. The number of nitrogens with zero attached hydrogens (tertiary/aromatic N) is 2. The highest BCUT2D eigenvalue weighted by Crippen LogP contribution is 2.24. The Balaban J connectivity index is 3.09. The molecule has 2 N–H and O–H groups in total. The highest BCUT2D eigenvalue weighted by molar-refractivity contribution is 9.11. The Morgan fingerprint density at radius 1 is 1.55 bits per heavy atom. The van der Waals surface area contributed by atoms with E-state index in [9.17, 15) is 0 Å². The van der Waals surface area contributed by atoms with Crippen molar-refractivity contribution in [3.05, 3.63) is 21.2 Å². The second-order valence-corrected chi connectivity index (χ2v) is 3.51. The Morgan fingerprint density at radius 2 is 2.27 bits per heavy atom. The minimum atomic E-state index is 0.579. The van der Waals surface area contributed by atoms with Gasteiger partial charge in [0.15, 0.2) is 5.82 Å². The molecule has 0 spiro atoms. The number of aliphatic imine (C=N–C) groups is 1. The first-order valence-corrected chi connectivity index (χ1v) is 4.38. The quantitative estimate of drug-likeness (QED) is 0.633. The van der Waals surface area contributed by atoms with Gasteiger partial charge in [0, 0.05) is 10.7 Å². The largest absolute Gasteiger partial charge is 0.390 e. The topological polar surface area (TPSA) is 51.3 Å². The van der Waals surface area contributed by atoms with Crippen molar-refractivity contribution in [3.63, 3.8) is 0 Å². The van der Waals surface area contributed by atoms with Crippen LogP contribution in [0.3, 0.4) is 0 Å². The molecule has 3 nitrogen and oxygen atoms in total. The number of pyridine rings is 1. The standard InChI is InChI=1S/C6H5Br2N3/c7-4-1-5(8)6(10-2-4)11-3-9/h1-3H,(H2,9,10,11). The van der Waals surface area contributed by atoms with Gasteiger partial charge in [0.25, 0.3) is 0 Å². The maximum atomic E-state index is 5.10. The van der Waals surface area contributed by atoms with Crippen LogP contribution in [0.5, 0.6) is 0 Å². The lowest BCUT2D eigenvalue weighted by atomic mass is 10.5. The molecule has 0 aliphatic heterocycles. The molecule has 11 heavy (non-hydrogen) atoms. The number of aromatic nitrogens is 1. The van der Waals surface area contributed by atoms with Gasteiger partial charge in [-0.25, -0.2) is 9.98 Å². The fraction of sp³-hybridized carbons (Fsp3) is 0. The third-order valence-corrected chi connectivity index (χ3v) is 2.00. The number of hydrogen-bond donors (Lipinski definition) is 1. The number of rotatable bonds is 1. The Labute approximate surface area is 81.0 Å². The maximum absolute atomic E-state index is 5.10. The number of nitrogens with two attached hydrogens (primary N) is 1. The summed E-state index contributed by atoms with van der Waals surface area (Å²) in [5.41, 5.74) is 5.10. The number of hydrogen-bond acceptors (Lipinski definition) is 2. The summed E-state index contributed by atoms with van der Waals surface area (Å²) < 4.78 is 1.72. The molecule has 0 aliphatic rings. The first-order valence-electron chi connectivity index (χ1n) is 2.79. The van der Waals surface area contributed by atoms with Gasteiger partial charge in [-0.2, -0.15) is 0 Å². The molecule has 1 rings (SSSR count). The Bertz CT molecular complexity index is 285. The van der Waals surface area contributed by atoms with Crippen molar-refractivity contribution in [2.75, 3.05) is 0 Å². The van der Waals surface area contributed by atoms with Gasteiger partial charge in [-0.05, 0) is 37.9 Å². The van der Waals surface area contributed by atoms with Crippen LogP contribution in [0.1, 0.15) is 0 Å². The average Bonchev–Trinajstić information content (AvgIpc) is 1.95. The van der Waals surface area contributed by atoms with Crippen LogP contribution in [0.4, 0.5) is 5.82 Å². The van der Waals surface area contributed by atoms with Crippen molar-refractivity contribution in [2.24, 2.45) is 10.7 Å². The average molecular weight is 279 g/mol. The summed E-state index contributed by atoms with van der Waals surface area (Å²) in [7, 11) is 0. The van der Waals surface area contributed by atoms with E-state index in [4.69, 9.17) is 5.73 Å². The van der Waals surface area contributed by atoms with E-state index in [2.05, 4.69) is 41.8 Å².